The summed E-state index contributed by atoms with van der Waals surface area (Å²) in [5.74, 6) is -0.388. The van der Waals surface area contributed by atoms with Crippen LogP contribution in [0, 0.1) is 13.8 Å². The maximum atomic E-state index is 13.0. The van der Waals surface area contributed by atoms with Crippen molar-refractivity contribution >= 4 is 38.2 Å². The molecule has 0 spiro atoms. The zero-order chi connectivity index (χ0) is 22.0. The highest BCUT2D eigenvalue weighted by Crippen LogP contribution is 2.24. The first kappa shape index (κ1) is 20.6. The first-order valence-corrected chi connectivity index (χ1v) is 11.2. The Morgan fingerprint density at radius 2 is 1.71 bits per heavy atom. The van der Waals surface area contributed by atoms with Crippen LogP contribution in [0.3, 0.4) is 0 Å². The summed E-state index contributed by atoms with van der Waals surface area (Å²) in [5, 5.41) is 3.69. The lowest BCUT2D eigenvalue weighted by molar-refractivity contribution is 0.102. The van der Waals surface area contributed by atoms with E-state index in [1.54, 1.807) is 49.5 Å². The molecule has 0 unspecified atom stereocenters. The van der Waals surface area contributed by atoms with Crippen LogP contribution in [-0.4, -0.2) is 19.3 Å². The fourth-order valence-electron chi connectivity index (χ4n) is 3.34. The zero-order valence-electron chi connectivity index (χ0n) is 17.1. The highest BCUT2D eigenvalue weighted by Gasteiger charge is 2.19. The number of pyridine rings is 1. The van der Waals surface area contributed by atoms with Crippen LogP contribution in [0.5, 0.6) is 0 Å². The van der Waals surface area contributed by atoms with E-state index in [1.807, 2.05) is 31.2 Å². The van der Waals surface area contributed by atoms with Crippen molar-refractivity contribution in [1.82, 2.24) is 4.98 Å². The van der Waals surface area contributed by atoms with Gasteiger partial charge in [0.2, 0.25) is 0 Å². The largest absolute Gasteiger partial charge is 0.321 e. The first-order chi connectivity index (χ1) is 14.8. The van der Waals surface area contributed by atoms with Crippen LogP contribution in [0.2, 0.25) is 0 Å². The quantitative estimate of drug-likeness (QED) is 0.470. The molecule has 0 aliphatic rings. The molecule has 1 heterocycles. The molecule has 0 bridgehead atoms. The fourth-order valence-corrected chi connectivity index (χ4v) is 4.41. The summed E-state index contributed by atoms with van der Waals surface area (Å²) in [6.45, 7) is 3.65. The second-order valence-corrected chi connectivity index (χ2v) is 8.96. The number of carbonyl (C=O) groups is 1. The summed E-state index contributed by atoms with van der Waals surface area (Å²) in [4.78, 5) is 17.3. The van der Waals surface area contributed by atoms with Crippen LogP contribution >= 0.6 is 0 Å². The van der Waals surface area contributed by atoms with Crippen molar-refractivity contribution < 1.29 is 13.2 Å². The molecule has 4 aromatic rings. The molecule has 0 aliphatic carbocycles. The summed E-state index contributed by atoms with van der Waals surface area (Å²) < 4.78 is 28.3. The summed E-state index contributed by atoms with van der Waals surface area (Å²) in [6.07, 6.45) is 1.69. The molecule has 0 saturated carbocycles. The van der Waals surface area contributed by atoms with Gasteiger partial charge in [-0.15, -0.1) is 0 Å². The van der Waals surface area contributed by atoms with E-state index in [9.17, 15) is 13.2 Å². The molecular formula is C24H21N3O3S. The lowest BCUT2D eigenvalue weighted by atomic mass is 10.1. The number of fused-ring (bicyclic) bond motifs is 1. The number of aryl methyl sites for hydroxylation is 2. The molecule has 0 aliphatic heterocycles. The molecule has 6 nitrogen and oxygen atoms in total. The number of rotatable bonds is 5. The predicted molar refractivity (Wildman–Crippen MR) is 123 cm³/mol. The van der Waals surface area contributed by atoms with E-state index in [1.165, 1.54) is 12.1 Å². The van der Waals surface area contributed by atoms with Gasteiger partial charge < -0.3 is 5.32 Å². The Bertz CT molecular complexity index is 1390. The number of nitrogens with zero attached hydrogens (tertiary/aromatic N) is 1. The monoisotopic (exact) mass is 431 g/mol. The Balaban J connectivity index is 1.65. The van der Waals surface area contributed by atoms with Gasteiger partial charge in [0.15, 0.2) is 0 Å². The molecule has 0 radical (unpaired) electrons. The standard InChI is InChI=1S/C24H21N3O3S/c1-16-6-3-7-18(14-16)27-31(29,30)19-12-11-17(2)21(15-19)24(28)26-23-10-4-9-22-20(23)8-5-13-25-22/h3-15,27H,1-2H3,(H,26,28). The number of benzene rings is 3. The zero-order valence-corrected chi connectivity index (χ0v) is 17.9. The van der Waals surface area contributed by atoms with Gasteiger partial charge in [-0.3, -0.25) is 14.5 Å². The Hall–Kier alpha value is -3.71. The highest BCUT2D eigenvalue weighted by atomic mass is 32.2. The third-order valence-electron chi connectivity index (χ3n) is 4.93. The molecule has 3 aromatic carbocycles. The molecule has 4 rings (SSSR count). The Kier molecular flexibility index (Phi) is 5.44. The van der Waals surface area contributed by atoms with Gasteiger partial charge >= 0.3 is 0 Å². The second kappa shape index (κ2) is 8.20. The first-order valence-electron chi connectivity index (χ1n) is 9.69. The SMILES string of the molecule is Cc1cccc(NS(=O)(=O)c2ccc(C)c(C(=O)Nc3cccc4ncccc34)c2)c1. The van der Waals surface area contributed by atoms with Crippen molar-refractivity contribution in [3.8, 4) is 0 Å². The summed E-state index contributed by atoms with van der Waals surface area (Å²) >= 11 is 0. The number of carbonyl (C=O) groups excluding carboxylic acids is 1. The molecule has 2 N–H and O–H groups in total. The minimum Gasteiger partial charge on any atom is -0.321 e. The van der Waals surface area contributed by atoms with Gasteiger partial charge in [0.05, 0.1) is 16.1 Å². The van der Waals surface area contributed by atoms with Crippen molar-refractivity contribution in [3.05, 3.63) is 95.7 Å². The number of nitrogens with one attached hydrogen (secondary N) is 2. The van der Waals surface area contributed by atoms with Gasteiger partial charge in [0.25, 0.3) is 15.9 Å². The smallest absolute Gasteiger partial charge is 0.261 e. The molecule has 1 aromatic heterocycles. The van der Waals surface area contributed by atoms with E-state index >= 15 is 0 Å². The van der Waals surface area contributed by atoms with Crippen molar-refractivity contribution in [2.24, 2.45) is 0 Å². The van der Waals surface area contributed by atoms with E-state index < -0.39 is 10.0 Å². The Morgan fingerprint density at radius 3 is 2.52 bits per heavy atom. The van der Waals surface area contributed by atoms with Crippen LogP contribution in [0.25, 0.3) is 10.9 Å². The van der Waals surface area contributed by atoms with Gasteiger partial charge in [-0.05, 0) is 73.5 Å². The average molecular weight is 432 g/mol. The molecule has 7 heteroatoms. The lowest BCUT2D eigenvalue weighted by Gasteiger charge is -2.13. The number of aromatic nitrogens is 1. The number of anilines is 2. The van der Waals surface area contributed by atoms with Crippen molar-refractivity contribution in [2.45, 2.75) is 18.7 Å². The molecule has 0 saturated heterocycles. The van der Waals surface area contributed by atoms with E-state index in [4.69, 9.17) is 0 Å². The Labute approximate surface area is 181 Å². The third-order valence-corrected chi connectivity index (χ3v) is 6.31. The van der Waals surface area contributed by atoms with Gasteiger partial charge in [-0.1, -0.05) is 24.3 Å². The van der Waals surface area contributed by atoms with Gasteiger partial charge in [-0.25, -0.2) is 8.42 Å². The summed E-state index contributed by atoms with van der Waals surface area (Å²) in [7, 11) is -3.85. The van der Waals surface area contributed by atoms with E-state index in [-0.39, 0.29) is 16.4 Å². The maximum absolute atomic E-state index is 13.0. The summed E-state index contributed by atoms with van der Waals surface area (Å²) in [5.41, 5.74) is 3.74. The minimum atomic E-state index is -3.85. The van der Waals surface area contributed by atoms with Gasteiger partial charge in [0.1, 0.15) is 0 Å². The van der Waals surface area contributed by atoms with Crippen LogP contribution < -0.4 is 10.0 Å². The number of sulfonamides is 1. The van der Waals surface area contributed by atoms with Crippen LogP contribution in [0.4, 0.5) is 11.4 Å². The minimum absolute atomic E-state index is 0.0179. The topological polar surface area (TPSA) is 88.2 Å². The van der Waals surface area contributed by atoms with Crippen LogP contribution in [0.1, 0.15) is 21.5 Å². The van der Waals surface area contributed by atoms with Crippen molar-refractivity contribution in [3.63, 3.8) is 0 Å². The maximum Gasteiger partial charge on any atom is 0.261 e. The molecule has 31 heavy (non-hydrogen) atoms. The molecule has 0 atom stereocenters. The molecular weight excluding hydrogens is 410 g/mol. The Morgan fingerprint density at radius 1 is 0.903 bits per heavy atom. The van der Waals surface area contributed by atoms with Crippen molar-refractivity contribution in [2.75, 3.05) is 10.0 Å². The predicted octanol–water partition coefficient (Wildman–Crippen LogP) is 4.90. The molecule has 0 fully saturated rings. The number of amides is 1. The van der Waals surface area contributed by atoms with E-state index in [0.29, 0.717) is 16.9 Å². The molecule has 156 valence electrons. The fraction of sp³-hybridized carbons (Fsp3) is 0.0833. The van der Waals surface area contributed by atoms with Crippen LogP contribution in [0.15, 0.2) is 83.9 Å². The normalized spacial score (nSPS) is 11.3. The van der Waals surface area contributed by atoms with E-state index in [2.05, 4.69) is 15.0 Å². The van der Waals surface area contributed by atoms with Crippen molar-refractivity contribution in [1.29, 1.82) is 0 Å². The van der Waals surface area contributed by atoms with Crippen LogP contribution in [-0.2, 0) is 10.0 Å². The van der Waals surface area contributed by atoms with E-state index in [0.717, 1.165) is 16.5 Å². The number of hydrogen-bond donors (Lipinski definition) is 2. The lowest BCUT2D eigenvalue weighted by Crippen LogP contribution is -2.17. The molecule has 1 amide bonds. The second-order valence-electron chi connectivity index (χ2n) is 7.28. The third kappa shape index (κ3) is 4.41. The summed E-state index contributed by atoms with van der Waals surface area (Å²) in [6, 6.07) is 20.7. The van der Waals surface area contributed by atoms with Gasteiger partial charge in [-0.2, -0.15) is 0 Å². The average Bonchev–Trinajstić information content (AvgIpc) is 2.74. The number of hydrogen-bond acceptors (Lipinski definition) is 4. The van der Waals surface area contributed by atoms with Gasteiger partial charge in [0, 0.05) is 22.8 Å². The highest BCUT2D eigenvalue weighted by molar-refractivity contribution is 7.92.